The summed E-state index contributed by atoms with van der Waals surface area (Å²) in [5, 5.41) is 14.7. The lowest BCUT2D eigenvalue weighted by molar-refractivity contribution is -0.137. The lowest BCUT2D eigenvalue weighted by atomic mass is 9.51. The maximum absolute atomic E-state index is 13.1. The summed E-state index contributed by atoms with van der Waals surface area (Å²) in [6.07, 6.45) is 13.6. The third-order valence-corrected chi connectivity index (χ3v) is 18.9. The van der Waals surface area contributed by atoms with E-state index in [1.807, 2.05) is 79.8 Å². The van der Waals surface area contributed by atoms with Gasteiger partial charge < -0.3 is 0 Å². The molecule has 1 saturated carbocycles. The third-order valence-electron chi connectivity index (χ3n) is 18.9. The summed E-state index contributed by atoms with van der Waals surface area (Å²) in [5.41, 5.74) is 11.7. The van der Waals surface area contributed by atoms with E-state index >= 15 is 0 Å². The first kappa shape index (κ1) is 51.0. The van der Waals surface area contributed by atoms with Gasteiger partial charge in [-0.05, 0) is 62.0 Å². The van der Waals surface area contributed by atoms with Crippen molar-refractivity contribution in [3.63, 3.8) is 0 Å². The van der Waals surface area contributed by atoms with Crippen LogP contribution < -0.4 is 0 Å². The fraction of sp³-hybridized carbons (Fsp3) is 0.453. The summed E-state index contributed by atoms with van der Waals surface area (Å²) in [6.45, 7) is 19.1. The molecule has 6 atom stereocenters. The highest BCUT2D eigenvalue weighted by Gasteiger charge is 2.57. The Hall–Kier alpha value is -6.55. The number of carbonyl (C=O) groups excluding carboxylic acids is 4. The molecule has 74 heavy (non-hydrogen) atoms. The fourth-order valence-electron chi connectivity index (χ4n) is 14.8. The van der Waals surface area contributed by atoms with Gasteiger partial charge in [-0.3, -0.25) is 33.2 Å². The van der Waals surface area contributed by atoms with Gasteiger partial charge >= 0.3 is 0 Å². The minimum Gasteiger partial charge on any atom is -0.299 e. The van der Waals surface area contributed by atoms with Crippen molar-refractivity contribution in [2.45, 2.75) is 131 Å². The molecule has 6 aliphatic carbocycles. The number of Topliss-reactive ketones (excluding diaryl/α,β-unsaturated/α-hetero) is 2. The molecule has 0 radical (unpaired) electrons. The zero-order valence-corrected chi connectivity index (χ0v) is 46.0. The summed E-state index contributed by atoms with van der Waals surface area (Å²) in [6, 6.07) is 31.0. The molecule has 0 unspecified atom stereocenters. The number of nitrogens with zero attached hydrogens (tertiary/aromatic N) is 6. The summed E-state index contributed by atoms with van der Waals surface area (Å²) >= 11 is 0. The SMILES string of the molecule is Cn1nc2c(c1-c1ccccc1)C(=O)C[C@H]1C(C)(C)C(=O)C=C[C@]21C.Cn1nc2c(c1-c1ccccc1)CC[C@H]1C(C)(C)C(=O)C=C[C@]21C.Cn1nc2c(c1-c1ccccc1)CC[C@H]1C(C)(C)C(=O)CC[C@]21C.[3H]C. The molecule has 0 spiro atoms. The van der Waals surface area contributed by atoms with E-state index in [-0.39, 0.29) is 44.9 Å². The molecule has 10 heteroatoms. The van der Waals surface area contributed by atoms with Crippen molar-refractivity contribution in [1.82, 2.24) is 29.3 Å². The van der Waals surface area contributed by atoms with E-state index in [1.54, 1.807) is 12.2 Å². The van der Waals surface area contributed by atoms with Crippen molar-refractivity contribution < 1.29 is 20.5 Å². The Bertz CT molecular complexity index is 3270. The predicted molar refractivity (Wildman–Crippen MR) is 295 cm³/mol. The van der Waals surface area contributed by atoms with Crippen LogP contribution in [-0.4, -0.2) is 52.5 Å². The van der Waals surface area contributed by atoms with Crippen LogP contribution in [0.25, 0.3) is 33.8 Å². The van der Waals surface area contributed by atoms with E-state index < -0.39 is 10.8 Å². The van der Waals surface area contributed by atoms with Gasteiger partial charge in [-0.1, -0.05) is 173 Å². The number of fused-ring (bicyclic) bond motifs is 9. The van der Waals surface area contributed by atoms with Gasteiger partial charge in [-0.25, -0.2) is 0 Å². The minimum absolute atomic E-state index is 0.00971. The molecule has 386 valence electrons. The molecule has 0 saturated heterocycles. The molecule has 0 N–H and O–H groups in total. The van der Waals surface area contributed by atoms with Crippen LogP contribution in [0.5, 0.6) is 0 Å². The average molecular weight is 995 g/mol. The molecule has 6 aromatic rings. The first-order chi connectivity index (χ1) is 35.5. The number of hydrogen-bond donors (Lipinski definition) is 0. The summed E-state index contributed by atoms with van der Waals surface area (Å²) < 4.78 is 11.6. The Labute approximate surface area is 440 Å². The van der Waals surface area contributed by atoms with Crippen molar-refractivity contribution in [2.75, 3.05) is 0 Å². The molecule has 12 rings (SSSR count). The zero-order valence-electron chi connectivity index (χ0n) is 47.0. The van der Waals surface area contributed by atoms with Crippen molar-refractivity contribution >= 4 is 23.1 Å². The first-order valence-electron chi connectivity index (χ1n) is 27.4. The molecule has 6 aliphatic rings. The second-order valence-electron chi connectivity index (χ2n) is 24.2. The van der Waals surface area contributed by atoms with Crippen LogP contribution in [0, 0.1) is 34.0 Å². The highest BCUT2D eigenvalue weighted by Crippen LogP contribution is 2.58. The van der Waals surface area contributed by atoms with Crippen LogP contribution in [0.4, 0.5) is 0 Å². The monoisotopic (exact) mass is 995 g/mol. The third kappa shape index (κ3) is 7.90. The Balaban J connectivity index is 0.000000135. The largest absolute Gasteiger partial charge is 0.299 e. The molecule has 1 fully saturated rings. The van der Waals surface area contributed by atoms with Crippen LogP contribution >= 0.6 is 0 Å². The van der Waals surface area contributed by atoms with Gasteiger partial charge in [0.05, 0.1) is 39.7 Å². The van der Waals surface area contributed by atoms with Gasteiger partial charge in [0.25, 0.3) is 0 Å². The highest BCUT2D eigenvalue weighted by atomic mass is 16.1. The highest BCUT2D eigenvalue weighted by molar-refractivity contribution is 6.06. The first-order valence-corrected chi connectivity index (χ1v) is 26.4. The minimum atomic E-state index is -0.568. The second-order valence-corrected chi connectivity index (χ2v) is 24.2. The number of benzene rings is 3. The number of carbonyl (C=O) groups is 4. The summed E-state index contributed by atoms with van der Waals surface area (Å²) in [7, 11) is 7.22. The van der Waals surface area contributed by atoms with E-state index in [1.165, 1.54) is 46.7 Å². The van der Waals surface area contributed by atoms with Crippen molar-refractivity contribution in [1.29, 1.82) is 0 Å². The number of aryl methyl sites for hydroxylation is 3. The fourth-order valence-corrected chi connectivity index (χ4v) is 14.8. The molecule has 3 aromatic carbocycles. The van der Waals surface area contributed by atoms with Gasteiger partial charge in [0.1, 0.15) is 5.78 Å². The maximum atomic E-state index is 13.1. The smallest absolute Gasteiger partial charge is 0.167 e. The number of allylic oxidation sites excluding steroid dienone is 4. The molecule has 0 bridgehead atoms. The Morgan fingerprint density at radius 3 is 1.42 bits per heavy atom. The topological polar surface area (TPSA) is 122 Å². The summed E-state index contributed by atoms with van der Waals surface area (Å²) in [5.74, 6) is 1.45. The molecular weight excluding hydrogens is 917 g/mol. The van der Waals surface area contributed by atoms with Crippen LogP contribution in [0.3, 0.4) is 0 Å². The number of hydrogen-bond acceptors (Lipinski definition) is 7. The van der Waals surface area contributed by atoms with Crippen molar-refractivity contribution in [2.24, 2.45) is 55.1 Å². The van der Waals surface area contributed by atoms with Crippen LogP contribution in [-0.2, 0) is 64.6 Å². The van der Waals surface area contributed by atoms with E-state index in [0.717, 1.165) is 54.7 Å². The van der Waals surface area contributed by atoms with E-state index in [4.69, 9.17) is 16.7 Å². The maximum Gasteiger partial charge on any atom is 0.167 e. The Morgan fingerprint density at radius 1 is 0.500 bits per heavy atom. The normalized spacial score (nSPS) is 27.4. The van der Waals surface area contributed by atoms with Crippen molar-refractivity contribution in [3.8, 4) is 33.8 Å². The van der Waals surface area contributed by atoms with Crippen LogP contribution in [0.2, 0.25) is 0 Å². The van der Waals surface area contributed by atoms with Gasteiger partial charge in [0.15, 0.2) is 17.3 Å². The average Bonchev–Trinajstić information content (AvgIpc) is 4.08. The Morgan fingerprint density at radius 2 is 0.905 bits per heavy atom. The van der Waals surface area contributed by atoms with E-state index in [9.17, 15) is 19.2 Å². The zero-order chi connectivity index (χ0) is 54.2. The lowest BCUT2D eigenvalue weighted by Gasteiger charge is -2.51. The molecule has 0 amide bonds. The Kier molecular flexibility index (Phi) is 12.7. The number of aromatic nitrogens is 6. The van der Waals surface area contributed by atoms with Gasteiger partial charge in [0.2, 0.25) is 0 Å². The van der Waals surface area contributed by atoms with E-state index in [2.05, 4.69) is 121 Å². The molecular formula is C64H76N6O4. The van der Waals surface area contributed by atoms with Gasteiger partial charge in [-0.2, -0.15) is 15.3 Å². The van der Waals surface area contributed by atoms with Gasteiger partial charge in [0, 0.05) is 95.7 Å². The van der Waals surface area contributed by atoms with Crippen molar-refractivity contribution in [3.05, 3.63) is 149 Å². The van der Waals surface area contributed by atoms with Gasteiger partial charge in [-0.15, -0.1) is 0 Å². The predicted octanol–water partition coefficient (Wildman–Crippen LogP) is 12.7. The summed E-state index contributed by atoms with van der Waals surface area (Å²) in [4.78, 5) is 50.4. The van der Waals surface area contributed by atoms with Crippen LogP contribution in [0.15, 0.2) is 115 Å². The number of rotatable bonds is 3. The molecule has 3 aromatic heterocycles. The molecule has 0 aliphatic heterocycles. The molecule has 10 nitrogen and oxygen atoms in total. The second kappa shape index (κ2) is 18.4. The van der Waals surface area contributed by atoms with Crippen LogP contribution in [0.1, 0.15) is 142 Å². The standard InChI is InChI=1S/C21H22N2O2.C21H26N2O.C21H24N2O.CH4/c1-20(2)15-12-14(24)17-18(13-8-6-5-7-9-13)23(4)22-19(17)21(15,3)11-10-16(20)25;2*1-20(2)16-11-10-15-18(14-8-6-5-7-9-14)23(4)22-19(15)21(16,3)13-12-17(20)24;/h5-11,15H,12H2,1-4H3;5-9,16H,10-13H2,1-4H3;5-9,12-13,16H,10-11H2,1-4H3;1H4/t15-,21-;2*16-,21-;/m000./s1/i;;;1T. The quantitative estimate of drug-likeness (QED) is 0.173. The lowest BCUT2D eigenvalue weighted by Crippen LogP contribution is -2.52. The number of ketones is 4. The molecule has 3 heterocycles. The van der Waals surface area contributed by atoms with E-state index in [0.29, 0.717) is 36.0 Å².